The molecule has 2 heterocycles. The van der Waals surface area contributed by atoms with E-state index in [1.54, 1.807) is 4.90 Å². The van der Waals surface area contributed by atoms with Gasteiger partial charge in [0.05, 0.1) is 6.67 Å². The smallest absolute Gasteiger partial charge is 0.410 e. The van der Waals surface area contributed by atoms with Gasteiger partial charge in [0.2, 0.25) is 5.91 Å². The number of ether oxygens (including phenoxy) is 1. The summed E-state index contributed by atoms with van der Waals surface area (Å²) in [7, 11) is 0. The highest BCUT2D eigenvalue weighted by Gasteiger charge is 2.54. The van der Waals surface area contributed by atoms with Crippen molar-refractivity contribution >= 4 is 17.7 Å². The average Bonchev–Trinajstić information content (AvgIpc) is 3.00. The summed E-state index contributed by atoms with van der Waals surface area (Å²) >= 11 is 0. The monoisotopic (exact) mass is 421 g/mol. The van der Waals surface area contributed by atoms with Crippen LogP contribution in [0.25, 0.3) is 0 Å². The highest BCUT2D eigenvalue weighted by atomic mass is 16.6. The first-order chi connectivity index (χ1) is 14.8. The predicted octanol–water partition coefficient (Wildman–Crippen LogP) is 4.26. The van der Waals surface area contributed by atoms with Crippen molar-refractivity contribution in [3.63, 3.8) is 0 Å². The van der Waals surface area contributed by atoms with Crippen LogP contribution < -0.4 is 4.90 Å². The number of carbonyl (C=O) groups is 2. The van der Waals surface area contributed by atoms with Gasteiger partial charge in [-0.2, -0.15) is 0 Å². The summed E-state index contributed by atoms with van der Waals surface area (Å²) in [6, 6.07) is 20.2. The summed E-state index contributed by atoms with van der Waals surface area (Å²) in [5, 5.41) is 0. The number of hydrogen-bond acceptors (Lipinski definition) is 4. The molecule has 0 atom stereocenters. The van der Waals surface area contributed by atoms with E-state index in [1.165, 1.54) is 0 Å². The zero-order chi connectivity index (χ0) is 22.1. The summed E-state index contributed by atoms with van der Waals surface area (Å²) in [5.41, 5.74) is 0.997. The van der Waals surface area contributed by atoms with Crippen molar-refractivity contribution < 1.29 is 14.3 Å². The van der Waals surface area contributed by atoms with Gasteiger partial charge >= 0.3 is 6.09 Å². The lowest BCUT2D eigenvalue weighted by Gasteiger charge is -2.43. The Morgan fingerprint density at radius 2 is 1.55 bits per heavy atom. The van der Waals surface area contributed by atoms with Gasteiger partial charge in [0.1, 0.15) is 11.1 Å². The molecule has 2 aromatic carbocycles. The molecule has 0 aromatic heterocycles. The Morgan fingerprint density at radius 3 is 2.13 bits per heavy atom. The highest BCUT2D eigenvalue weighted by molar-refractivity contribution is 5.93. The molecule has 0 saturated carbocycles. The van der Waals surface area contributed by atoms with Crippen molar-refractivity contribution in [2.75, 3.05) is 24.7 Å². The molecule has 0 radical (unpaired) electrons. The van der Waals surface area contributed by atoms with Crippen LogP contribution in [0.2, 0.25) is 0 Å². The first kappa shape index (κ1) is 21.2. The minimum atomic E-state index is -0.630. The molecule has 2 saturated heterocycles. The van der Waals surface area contributed by atoms with Crippen molar-refractivity contribution in [2.45, 2.75) is 51.3 Å². The number of para-hydroxylation sites is 1. The Labute approximate surface area is 184 Å². The lowest BCUT2D eigenvalue weighted by Crippen LogP contribution is -2.57. The van der Waals surface area contributed by atoms with E-state index in [4.69, 9.17) is 4.74 Å². The Morgan fingerprint density at radius 1 is 0.968 bits per heavy atom. The van der Waals surface area contributed by atoms with E-state index in [2.05, 4.69) is 29.2 Å². The van der Waals surface area contributed by atoms with Crippen LogP contribution in [0.4, 0.5) is 10.5 Å². The number of hydrogen-bond donors (Lipinski definition) is 0. The molecule has 1 spiro atoms. The number of amides is 2. The van der Waals surface area contributed by atoms with E-state index < -0.39 is 11.1 Å². The molecule has 2 aromatic rings. The second kappa shape index (κ2) is 8.25. The van der Waals surface area contributed by atoms with Crippen molar-refractivity contribution in [2.24, 2.45) is 0 Å². The molecule has 0 N–H and O–H groups in total. The Kier molecular flexibility index (Phi) is 5.65. The SMILES string of the molecule is CC(C)(C)OC(=O)N1CCC2(CC1)C(=O)N(Cc1ccccc1)CN2c1ccccc1. The number of rotatable bonds is 3. The Balaban J connectivity index is 1.56. The fourth-order valence-corrected chi connectivity index (χ4v) is 4.51. The van der Waals surface area contributed by atoms with Crippen LogP contribution in [-0.2, 0) is 16.1 Å². The quantitative estimate of drug-likeness (QED) is 0.743. The van der Waals surface area contributed by atoms with Gasteiger partial charge in [0.25, 0.3) is 0 Å². The van der Waals surface area contributed by atoms with Crippen LogP contribution >= 0.6 is 0 Å². The molecule has 0 bridgehead atoms. The van der Waals surface area contributed by atoms with Gasteiger partial charge in [-0.05, 0) is 51.3 Å². The van der Waals surface area contributed by atoms with Gasteiger partial charge in [0, 0.05) is 25.3 Å². The first-order valence-corrected chi connectivity index (χ1v) is 10.9. The second-order valence-corrected chi connectivity index (χ2v) is 9.39. The van der Waals surface area contributed by atoms with Crippen LogP contribution in [0.15, 0.2) is 60.7 Å². The summed E-state index contributed by atoms with van der Waals surface area (Å²) < 4.78 is 5.54. The van der Waals surface area contributed by atoms with Gasteiger partial charge in [-0.1, -0.05) is 48.5 Å². The molecule has 31 heavy (non-hydrogen) atoms. The molecular weight excluding hydrogens is 390 g/mol. The van der Waals surface area contributed by atoms with Gasteiger partial charge in [-0.15, -0.1) is 0 Å². The topological polar surface area (TPSA) is 53.1 Å². The lowest BCUT2D eigenvalue weighted by atomic mass is 9.85. The highest BCUT2D eigenvalue weighted by Crippen LogP contribution is 2.40. The second-order valence-electron chi connectivity index (χ2n) is 9.39. The third-order valence-electron chi connectivity index (χ3n) is 6.04. The van der Waals surface area contributed by atoms with E-state index in [0.717, 1.165) is 11.3 Å². The molecule has 2 amide bonds. The first-order valence-electron chi connectivity index (χ1n) is 10.9. The third kappa shape index (κ3) is 4.38. The predicted molar refractivity (Wildman–Crippen MR) is 121 cm³/mol. The normalized spacial score (nSPS) is 18.5. The third-order valence-corrected chi connectivity index (χ3v) is 6.04. The summed E-state index contributed by atoms with van der Waals surface area (Å²) in [5.74, 6) is 0.143. The minimum absolute atomic E-state index is 0.143. The lowest BCUT2D eigenvalue weighted by molar-refractivity contribution is -0.134. The zero-order valence-electron chi connectivity index (χ0n) is 18.6. The van der Waals surface area contributed by atoms with Crippen molar-refractivity contribution in [1.29, 1.82) is 0 Å². The maximum atomic E-state index is 13.7. The molecule has 2 aliphatic rings. The summed E-state index contributed by atoms with van der Waals surface area (Å²) in [6.07, 6.45) is 0.872. The minimum Gasteiger partial charge on any atom is -0.444 e. The fourth-order valence-electron chi connectivity index (χ4n) is 4.51. The van der Waals surface area contributed by atoms with E-state index in [0.29, 0.717) is 39.1 Å². The molecular formula is C25H31N3O3. The van der Waals surface area contributed by atoms with E-state index >= 15 is 0 Å². The molecule has 4 rings (SSSR count). The summed E-state index contributed by atoms with van der Waals surface area (Å²) in [6.45, 7) is 7.75. The van der Waals surface area contributed by atoms with Crippen LogP contribution in [0.3, 0.4) is 0 Å². The standard InChI is InChI=1S/C25H31N3O3/c1-24(2,3)31-23(30)26-16-14-25(15-17-26)22(29)27(18-20-10-6-4-7-11-20)19-28(25)21-12-8-5-9-13-21/h4-13H,14-19H2,1-3H3. The number of nitrogens with zero attached hydrogens (tertiary/aromatic N) is 3. The van der Waals surface area contributed by atoms with Gasteiger partial charge in [-0.3, -0.25) is 4.79 Å². The maximum absolute atomic E-state index is 13.7. The van der Waals surface area contributed by atoms with Crippen LogP contribution in [0.5, 0.6) is 0 Å². The van der Waals surface area contributed by atoms with Gasteiger partial charge in [-0.25, -0.2) is 4.79 Å². The van der Waals surface area contributed by atoms with Crippen LogP contribution in [0.1, 0.15) is 39.2 Å². The maximum Gasteiger partial charge on any atom is 0.410 e. The van der Waals surface area contributed by atoms with E-state index in [9.17, 15) is 9.59 Å². The van der Waals surface area contributed by atoms with Crippen LogP contribution in [-0.4, -0.2) is 52.7 Å². The fraction of sp³-hybridized carbons (Fsp3) is 0.440. The van der Waals surface area contributed by atoms with E-state index in [-0.39, 0.29) is 12.0 Å². The summed E-state index contributed by atoms with van der Waals surface area (Å²) in [4.78, 5) is 32.2. The number of anilines is 1. The molecule has 2 fully saturated rings. The zero-order valence-corrected chi connectivity index (χ0v) is 18.6. The molecule has 164 valence electrons. The largest absolute Gasteiger partial charge is 0.444 e. The average molecular weight is 422 g/mol. The van der Waals surface area contributed by atoms with Crippen molar-refractivity contribution in [3.8, 4) is 0 Å². The van der Waals surface area contributed by atoms with Crippen molar-refractivity contribution in [1.82, 2.24) is 9.80 Å². The van der Waals surface area contributed by atoms with Gasteiger partial charge < -0.3 is 19.4 Å². The van der Waals surface area contributed by atoms with Crippen LogP contribution in [0, 0.1) is 0 Å². The van der Waals surface area contributed by atoms with E-state index in [1.807, 2.05) is 62.1 Å². The molecule has 0 unspecified atom stereocenters. The van der Waals surface area contributed by atoms with Gasteiger partial charge in [0.15, 0.2) is 0 Å². The number of piperidine rings is 1. The molecule has 6 nitrogen and oxygen atoms in total. The molecule has 0 aliphatic carbocycles. The molecule has 6 heteroatoms. The number of carbonyl (C=O) groups excluding carboxylic acids is 2. The molecule has 2 aliphatic heterocycles. The number of likely N-dealkylation sites (tertiary alicyclic amines) is 1. The Bertz CT molecular complexity index is 916. The number of benzene rings is 2. The Hall–Kier alpha value is -3.02. The van der Waals surface area contributed by atoms with Crippen molar-refractivity contribution in [3.05, 3.63) is 66.2 Å².